The molecule has 0 saturated heterocycles. The van der Waals surface area contributed by atoms with Gasteiger partial charge in [-0.1, -0.05) is 37.6 Å². The number of hydrogen-bond donors (Lipinski definition) is 1. The highest BCUT2D eigenvalue weighted by Gasteiger charge is 1.95. The van der Waals surface area contributed by atoms with E-state index in [9.17, 15) is 0 Å². The van der Waals surface area contributed by atoms with Gasteiger partial charge < -0.3 is 5.32 Å². The summed E-state index contributed by atoms with van der Waals surface area (Å²) in [5, 5.41) is 4.23. The Morgan fingerprint density at radius 2 is 2.14 bits per heavy atom. The molecule has 0 unspecified atom stereocenters. The molecule has 2 heteroatoms. The summed E-state index contributed by atoms with van der Waals surface area (Å²) in [5.41, 5.74) is 1.32. The van der Waals surface area contributed by atoms with Gasteiger partial charge in [-0.25, -0.2) is 0 Å². The monoisotopic (exact) mass is 211 g/mol. The predicted octanol–water partition coefficient (Wildman–Crippen LogP) is 3.27. The van der Waals surface area contributed by atoms with Crippen LogP contribution in [-0.2, 0) is 6.42 Å². The summed E-state index contributed by atoms with van der Waals surface area (Å²) in [5.74, 6) is 0. The highest BCUT2D eigenvalue weighted by atomic mass is 35.5. The van der Waals surface area contributed by atoms with Crippen molar-refractivity contribution < 1.29 is 0 Å². The highest BCUT2D eigenvalue weighted by Crippen LogP contribution is 2.11. The maximum Gasteiger partial charge on any atom is 0.0408 e. The zero-order chi connectivity index (χ0) is 10.4. The lowest BCUT2D eigenvalue weighted by atomic mass is 10.1. The Hall–Kier alpha value is -0.530. The van der Waals surface area contributed by atoms with Crippen molar-refractivity contribution in [2.24, 2.45) is 0 Å². The van der Waals surface area contributed by atoms with E-state index in [1.807, 2.05) is 18.2 Å². The lowest BCUT2D eigenvalue weighted by Gasteiger charge is -2.07. The van der Waals surface area contributed by atoms with Gasteiger partial charge in [0.1, 0.15) is 0 Å². The average molecular weight is 212 g/mol. The van der Waals surface area contributed by atoms with E-state index in [1.54, 1.807) is 0 Å². The summed E-state index contributed by atoms with van der Waals surface area (Å²) < 4.78 is 0. The van der Waals surface area contributed by atoms with Gasteiger partial charge in [0.25, 0.3) is 0 Å². The maximum absolute atomic E-state index is 5.89. The third kappa shape index (κ3) is 4.64. The quantitative estimate of drug-likeness (QED) is 0.738. The van der Waals surface area contributed by atoms with Gasteiger partial charge in [-0.15, -0.1) is 0 Å². The third-order valence-corrected chi connectivity index (χ3v) is 2.32. The van der Waals surface area contributed by atoms with Gasteiger partial charge in [0, 0.05) is 11.1 Å². The second-order valence-electron chi connectivity index (χ2n) is 3.84. The molecule has 1 aromatic carbocycles. The van der Waals surface area contributed by atoms with Crippen molar-refractivity contribution in [2.75, 3.05) is 6.54 Å². The Morgan fingerprint density at radius 3 is 2.79 bits per heavy atom. The van der Waals surface area contributed by atoms with Crippen molar-refractivity contribution in [3.8, 4) is 0 Å². The van der Waals surface area contributed by atoms with Gasteiger partial charge in [0.05, 0.1) is 0 Å². The normalized spacial score (nSPS) is 10.9. The minimum absolute atomic E-state index is 0.578. The first kappa shape index (κ1) is 11.5. The van der Waals surface area contributed by atoms with Crippen LogP contribution < -0.4 is 5.32 Å². The first-order valence-electron chi connectivity index (χ1n) is 5.16. The SMILES string of the molecule is CC(C)NCCCc1cccc(Cl)c1. The summed E-state index contributed by atoms with van der Waals surface area (Å²) in [6.07, 6.45) is 2.26. The number of aryl methyl sites for hydroxylation is 1. The number of nitrogens with one attached hydrogen (secondary N) is 1. The Labute approximate surface area is 91.5 Å². The first-order chi connectivity index (χ1) is 6.68. The van der Waals surface area contributed by atoms with Gasteiger partial charge in [-0.3, -0.25) is 0 Å². The van der Waals surface area contributed by atoms with Gasteiger partial charge in [-0.05, 0) is 37.1 Å². The largest absolute Gasteiger partial charge is 0.315 e. The van der Waals surface area contributed by atoms with Crippen molar-refractivity contribution in [3.05, 3.63) is 34.9 Å². The Kier molecular flexibility index (Phi) is 4.99. The third-order valence-electron chi connectivity index (χ3n) is 2.08. The fourth-order valence-electron chi connectivity index (χ4n) is 1.38. The van der Waals surface area contributed by atoms with E-state index in [0.717, 1.165) is 18.0 Å². The van der Waals surface area contributed by atoms with Crippen LogP contribution in [0.2, 0.25) is 5.02 Å². The molecule has 1 rings (SSSR count). The molecule has 0 aromatic heterocycles. The zero-order valence-corrected chi connectivity index (χ0v) is 9.64. The Bertz CT molecular complexity index is 271. The number of hydrogen-bond acceptors (Lipinski definition) is 1. The predicted molar refractivity (Wildman–Crippen MR) is 62.9 cm³/mol. The van der Waals surface area contributed by atoms with Crippen LogP contribution in [0, 0.1) is 0 Å². The number of benzene rings is 1. The summed E-state index contributed by atoms with van der Waals surface area (Å²) >= 11 is 5.89. The molecule has 78 valence electrons. The molecular formula is C12H18ClN. The molecule has 0 heterocycles. The molecule has 0 fully saturated rings. The molecular weight excluding hydrogens is 194 g/mol. The van der Waals surface area contributed by atoms with Crippen molar-refractivity contribution in [1.29, 1.82) is 0 Å². The summed E-state index contributed by atoms with van der Waals surface area (Å²) in [4.78, 5) is 0. The minimum atomic E-state index is 0.578. The Morgan fingerprint density at radius 1 is 1.36 bits per heavy atom. The highest BCUT2D eigenvalue weighted by molar-refractivity contribution is 6.30. The van der Waals surface area contributed by atoms with Crippen LogP contribution in [0.25, 0.3) is 0 Å². The lowest BCUT2D eigenvalue weighted by molar-refractivity contribution is 0.570. The maximum atomic E-state index is 5.89. The van der Waals surface area contributed by atoms with Crippen LogP contribution in [0.1, 0.15) is 25.8 Å². The summed E-state index contributed by atoms with van der Waals surface area (Å²) in [6.45, 7) is 5.41. The van der Waals surface area contributed by atoms with Gasteiger partial charge in [0.2, 0.25) is 0 Å². The molecule has 0 amide bonds. The fraction of sp³-hybridized carbons (Fsp3) is 0.500. The van der Waals surface area contributed by atoms with Gasteiger partial charge in [0.15, 0.2) is 0 Å². The van der Waals surface area contributed by atoms with E-state index in [4.69, 9.17) is 11.6 Å². The molecule has 0 atom stereocenters. The molecule has 0 radical (unpaired) electrons. The molecule has 1 aromatic rings. The molecule has 0 aliphatic carbocycles. The fourth-order valence-corrected chi connectivity index (χ4v) is 1.59. The summed E-state index contributed by atoms with van der Waals surface area (Å²) in [7, 11) is 0. The van der Waals surface area contributed by atoms with E-state index in [0.29, 0.717) is 6.04 Å². The minimum Gasteiger partial charge on any atom is -0.315 e. The van der Waals surface area contributed by atoms with Crippen LogP contribution in [0.15, 0.2) is 24.3 Å². The number of rotatable bonds is 5. The Balaban J connectivity index is 2.25. The molecule has 0 aliphatic rings. The molecule has 14 heavy (non-hydrogen) atoms. The molecule has 0 saturated carbocycles. The van der Waals surface area contributed by atoms with E-state index in [1.165, 1.54) is 12.0 Å². The van der Waals surface area contributed by atoms with Crippen LogP contribution in [0.4, 0.5) is 0 Å². The smallest absolute Gasteiger partial charge is 0.0408 e. The van der Waals surface area contributed by atoms with Crippen LogP contribution in [-0.4, -0.2) is 12.6 Å². The zero-order valence-electron chi connectivity index (χ0n) is 8.89. The van der Waals surface area contributed by atoms with Crippen LogP contribution in [0.3, 0.4) is 0 Å². The van der Waals surface area contributed by atoms with Crippen molar-refractivity contribution >= 4 is 11.6 Å². The molecule has 0 spiro atoms. The second kappa shape index (κ2) is 6.05. The van der Waals surface area contributed by atoms with E-state index in [-0.39, 0.29) is 0 Å². The molecule has 1 nitrogen and oxygen atoms in total. The average Bonchev–Trinajstić information content (AvgIpc) is 2.12. The molecule has 0 bridgehead atoms. The van der Waals surface area contributed by atoms with Gasteiger partial charge in [-0.2, -0.15) is 0 Å². The first-order valence-corrected chi connectivity index (χ1v) is 5.54. The summed E-state index contributed by atoms with van der Waals surface area (Å²) in [6, 6.07) is 8.66. The molecule has 1 N–H and O–H groups in total. The van der Waals surface area contributed by atoms with Crippen molar-refractivity contribution in [3.63, 3.8) is 0 Å². The van der Waals surface area contributed by atoms with Crippen molar-refractivity contribution in [2.45, 2.75) is 32.7 Å². The van der Waals surface area contributed by atoms with E-state index < -0.39 is 0 Å². The lowest BCUT2D eigenvalue weighted by Crippen LogP contribution is -2.23. The van der Waals surface area contributed by atoms with Crippen LogP contribution in [0.5, 0.6) is 0 Å². The topological polar surface area (TPSA) is 12.0 Å². The van der Waals surface area contributed by atoms with Gasteiger partial charge >= 0.3 is 0 Å². The standard InChI is InChI=1S/C12H18ClN/c1-10(2)14-8-4-6-11-5-3-7-12(13)9-11/h3,5,7,9-10,14H,4,6,8H2,1-2H3. The van der Waals surface area contributed by atoms with E-state index >= 15 is 0 Å². The molecule has 0 aliphatic heterocycles. The van der Waals surface area contributed by atoms with Crippen molar-refractivity contribution in [1.82, 2.24) is 5.32 Å². The number of halogens is 1. The van der Waals surface area contributed by atoms with E-state index in [2.05, 4.69) is 25.2 Å². The second-order valence-corrected chi connectivity index (χ2v) is 4.28. The van der Waals surface area contributed by atoms with Crippen LogP contribution >= 0.6 is 11.6 Å².